The lowest BCUT2D eigenvalue weighted by Gasteiger charge is -2.11. The minimum atomic E-state index is 0.455. The van der Waals surface area contributed by atoms with Crippen LogP contribution in [0.25, 0.3) is 0 Å². The minimum Gasteiger partial charge on any atom is -0.492 e. The van der Waals surface area contributed by atoms with Crippen molar-refractivity contribution in [2.75, 3.05) is 13.2 Å². The quantitative estimate of drug-likeness (QED) is 0.820. The number of rotatable bonds is 6. The van der Waals surface area contributed by atoms with Crippen molar-refractivity contribution < 1.29 is 9.47 Å². The summed E-state index contributed by atoms with van der Waals surface area (Å²) >= 11 is 3.50. The van der Waals surface area contributed by atoms with Gasteiger partial charge in [0.2, 0.25) is 0 Å². The van der Waals surface area contributed by atoms with Crippen LogP contribution in [0.15, 0.2) is 22.7 Å². The number of hydrogen-bond donors (Lipinski definition) is 1. The maximum absolute atomic E-state index is 5.75. The first-order valence-electron chi connectivity index (χ1n) is 6.52. The maximum atomic E-state index is 5.75. The Bertz CT molecular complexity index is 378. The molecule has 1 aliphatic rings. The average molecular weight is 314 g/mol. The third-order valence-electron chi connectivity index (χ3n) is 3.18. The summed E-state index contributed by atoms with van der Waals surface area (Å²) in [6.07, 6.45) is 5.00. The average Bonchev–Trinajstić information content (AvgIpc) is 2.89. The minimum absolute atomic E-state index is 0.455. The van der Waals surface area contributed by atoms with Gasteiger partial charge in [0.1, 0.15) is 5.75 Å². The molecule has 0 spiro atoms. The van der Waals surface area contributed by atoms with Crippen LogP contribution in [0.2, 0.25) is 0 Å². The van der Waals surface area contributed by atoms with E-state index in [-0.39, 0.29) is 0 Å². The zero-order valence-corrected chi connectivity index (χ0v) is 12.1. The molecule has 2 rings (SSSR count). The molecule has 18 heavy (non-hydrogen) atoms. The first kappa shape index (κ1) is 13.8. The SMILES string of the molecule is NCc1ccc(OCCCC2CCCO2)c(Br)c1. The monoisotopic (exact) mass is 313 g/mol. The van der Waals surface area contributed by atoms with Gasteiger partial charge >= 0.3 is 0 Å². The zero-order chi connectivity index (χ0) is 12.8. The normalized spacial score (nSPS) is 19.1. The predicted octanol–water partition coefficient (Wildman–Crippen LogP) is 3.25. The Balaban J connectivity index is 1.72. The molecular weight excluding hydrogens is 294 g/mol. The van der Waals surface area contributed by atoms with Crippen molar-refractivity contribution in [1.82, 2.24) is 0 Å². The van der Waals surface area contributed by atoms with Crippen LogP contribution in [0.3, 0.4) is 0 Å². The van der Waals surface area contributed by atoms with Crippen molar-refractivity contribution in [1.29, 1.82) is 0 Å². The molecule has 0 aliphatic carbocycles. The lowest BCUT2D eigenvalue weighted by Crippen LogP contribution is -2.07. The van der Waals surface area contributed by atoms with Crippen LogP contribution in [-0.4, -0.2) is 19.3 Å². The molecule has 0 radical (unpaired) electrons. The standard InChI is InChI=1S/C14H20BrNO2/c15-13-9-11(10-16)5-6-14(13)18-8-2-4-12-3-1-7-17-12/h5-6,9,12H,1-4,7-8,10,16H2. The number of hydrogen-bond acceptors (Lipinski definition) is 3. The number of nitrogens with two attached hydrogens (primary N) is 1. The van der Waals surface area contributed by atoms with Gasteiger partial charge in [0.05, 0.1) is 17.2 Å². The van der Waals surface area contributed by atoms with E-state index in [0.29, 0.717) is 12.6 Å². The third-order valence-corrected chi connectivity index (χ3v) is 3.80. The van der Waals surface area contributed by atoms with Gasteiger partial charge in [-0.05, 0) is 59.3 Å². The first-order valence-corrected chi connectivity index (χ1v) is 7.32. The van der Waals surface area contributed by atoms with Gasteiger partial charge in [-0.25, -0.2) is 0 Å². The van der Waals surface area contributed by atoms with Crippen molar-refractivity contribution in [3.05, 3.63) is 28.2 Å². The Labute approximate surface area is 117 Å². The molecule has 1 fully saturated rings. The molecule has 4 heteroatoms. The predicted molar refractivity (Wildman–Crippen MR) is 75.7 cm³/mol. The fourth-order valence-corrected chi connectivity index (χ4v) is 2.69. The number of halogens is 1. The molecule has 1 aromatic rings. The van der Waals surface area contributed by atoms with Crippen LogP contribution in [0.5, 0.6) is 5.75 Å². The fourth-order valence-electron chi connectivity index (χ4n) is 2.15. The molecular formula is C14H20BrNO2. The van der Waals surface area contributed by atoms with E-state index in [9.17, 15) is 0 Å². The smallest absolute Gasteiger partial charge is 0.133 e. The molecule has 1 aliphatic heterocycles. The van der Waals surface area contributed by atoms with Crippen LogP contribution < -0.4 is 10.5 Å². The zero-order valence-electron chi connectivity index (χ0n) is 10.5. The van der Waals surface area contributed by atoms with Gasteiger partial charge in [0.15, 0.2) is 0 Å². The summed E-state index contributed by atoms with van der Waals surface area (Å²) in [5.41, 5.74) is 6.69. The number of benzene rings is 1. The molecule has 0 amide bonds. The van der Waals surface area contributed by atoms with Gasteiger partial charge in [-0.2, -0.15) is 0 Å². The Kier molecular flexibility index (Phi) is 5.47. The highest BCUT2D eigenvalue weighted by Crippen LogP contribution is 2.26. The second kappa shape index (κ2) is 7.12. The Morgan fingerprint density at radius 2 is 2.33 bits per heavy atom. The second-order valence-electron chi connectivity index (χ2n) is 4.59. The van der Waals surface area contributed by atoms with Crippen LogP contribution in [-0.2, 0) is 11.3 Å². The summed E-state index contributed by atoms with van der Waals surface area (Å²) in [4.78, 5) is 0. The van der Waals surface area contributed by atoms with E-state index in [2.05, 4.69) is 15.9 Å². The lowest BCUT2D eigenvalue weighted by molar-refractivity contribution is 0.0981. The Morgan fingerprint density at radius 3 is 3.00 bits per heavy atom. The van der Waals surface area contributed by atoms with Crippen LogP contribution in [0.1, 0.15) is 31.2 Å². The van der Waals surface area contributed by atoms with Gasteiger partial charge in [-0.3, -0.25) is 0 Å². The molecule has 0 saturated carbocycles. The molecule has 100 valence electrons. The van der Waals surface area contributed by atoms with Gasteiger partial charge in [-0.15, -0.1) is 0 Å². The van der Waals surface area contributed by atoms with Crippen molar-refractivity contribution in [2.45, 2.75) is 38.3 Å². The van der Waals surface area contributed by atoms with Gasteiger partial charge < -0.3 is 15.2 Å². The maximum Gasteiger partial charge on any atom is 0.133 e. The van der Waals surface area contributed by atoms with E-state index in [0.717, 1.165) is 41.8 Å². The molecule has 3 nitrogen and oxygen atoms in total. The molecule has 0 bridgehead atoms. The van der Waals surface area contributed by atoms with Crippen molar-refractivity contribution in [2.24, 2.45) is 5.73 Å². The van der Waals surface area contributed by atoms with Crippen molar-refractivity contribution in [3.63, 3.8) is 0 Å². The molecule has 1 atom stereocenters. The highest BCUT2D eigenvalue weighted by atomic mass is 79.9. The fraction of sp³-hybridized carbons (Fsp3) is 0.571. The lowest BCUT2D eigenvalue weighted by atomic mass is 10.1. The van der Waals surface area contributed by atoms with E-state index in [4.69, 9.17) is 15.2 Å². The highest BCUT2D eigenvalue weighted by molar-refractivity contribution is 9.10. The Morgan fingerprint density at radius 1 is 1.44 bits per heavy atom. The van der Waals surface area contributed by atoms with E-state index < -0.39 is 0 Å². The molecule has 1 heterocycles. The summed E-state index contributed by atoms with van der Waals surface area (Å²) in [6.45, 7) is 2.22. The first-order chi connectivity index (χ1) is 8.79. The van der Waals surface area contributed by atoms with Crippen LogP contribution in [0.4, 0.5) is 0 Å². The molecule has 2 N–H and O–H groups in total. The highest BCUT2D eigenvalue weighted by Gasteiger charge is 2.14. The van der Waals surface area contributed by atoms with Crippen molar-refractivity contribution >= 4 is 15.9 Å². The van der Waals surface area contributed by atoms with Gasteiger partial charge in [0.25, 0.3) is 0 Å². The Hall–Kier alpha value is -0.580. The van der Waals surface area contributed by atoms with Gasteiger partial charge in [-0.1, -0.05) is 6.07 Å². The molecule has 1 unspecified atom stereocenters. The summed E-state index contributed by atoms with van der Waals surface area (Å²) in [6, 6.07) is 5.98. The van der Waals surface area contributed by atoms with Crippen LogP contribution >= 0.6 is 15.9 Å². The summed E-state index contributed by atoms with van der Waals surface area (Å²) < 4.78 is 12.3. The van der Waals surface area contributed by atoms with Crippen molar-refractivity contribution in [3.8, 4) is 5.75 Å². The van der Waals surface area contributed by atoms with E-state index in [1.807, 2.05) is 18.2 Å². The number of ether oxygens (including phenoxy) is 2. The summed E-state index contributed by atoms with van der Waals surface area (Å²) in [5, 5.41) is 0. The molecule has 1 saturated heterocycles. The largest absolute Gasteiger partial charge is 0.492 e. The molecule has 1 aromatic carbocycles. The van der Waals surface area contributed by atoms with Gasteiger partial charge in [0, 0.05) is 13.2 Å². The topological polar surface area (TPSA) is 44.5 Å². The van der Waals surface area contributed by atoms with E-state index >= 15 is 0 Å². The van der Waals surface area contributed by atoms with E-state index in [1.165, 1.54) is 12.8 Å². The van der Waals surface area contributed by atoms with E-state index in [1.54, 1.807) is 0 Å². The summed E-state index contributed by atoms with van der Waals surface area (Å²) in [7, 11) is 0. The third kappa shape index (κ3) is 3.97. The van der Waals surface area contributed by atoms with Crippen LogP contribution in [0, 0.1) is 0 Å². The second-order valence-corrected chi connectivity index (χ2v) is 5.45. The summed E-state index contributed by atoms with van der Waals surface area (Å²) in [5.74, 6) is 0.888. The molecule has 0 aromatic heterocycles.